The summed E-state index contributed by atoms with van der Waals surface area (Å²) in [6, 6.07) is 16.7. The van der Waals surface area contributed by atoms with Gasteiger partial charge in [0.1, 0.15) is 5.75 Å². The molecule has 0 fully saturated rings. The van der Waals surface area contributed by atoms with E-state index >= 15 is 0 Å². The second-order valence-electron chi connectivity index (χ2n) is 6.79. The summed E-state index contributed by atoms with van der Waals surface area (Å²) in [4.78, 5) is 4.75. The molecule has 1 aliphatic carbocycles. The molecule has 1 unspecified atom stereocenters. The van der Waals surface area contributed by atoms with Gasteiger partial charge >= 0.3 is 0 Å². The summed E-state index contributed by atoms with van der Waals surface area (Å²) < 4.78 is 7.21. The number of nitrogens with zero attached hydrogens (tertiary/aromatic N) is 3. The number of hydrogen-bond acceptors (Lipinski definition) is 3. The molecule has 2 aromatic carbocycles. The van der Waals surface area contributed by atoms with E-state index in [1.54, 1.807) is 7.11 Å². The molecule has 5 rings (SSSR count). The Labute approximate surface area is 152 Å². The summed E-state index contributed by atoms with van der Waals surface area (Å²) in [5.41, 5.74) is 7.38. The zero-order chi connectivity index (χ0) is 17.7. The zero-order valence-electron chi connectivity index (χ0n) is 14.8. The molecule has 26 heavy (non-hydrogen) atoms. The fourth-order valence-electron chi connectivity index (χ4n) is 3.96. The third-order valence-corrected chi connectivity index (χ3v) is 5.35. The third kappa shape index (κ3) is 2.15. The maximum atomic E-state index is 5.23. The smallest absolute Gasteiger partial charge is 0.158 e. The lowest BCUT2D eigenvalue weighted by Gasteiger charge is -2.07. The highest BCUT2D eigenvalue weighted by Crippen LogP contribution is 2.46. The molecule has 4 heteroatoms. The summed E-state index contributed by atoms with van der Waals surface area (Å²) in [6.45, 7) is 2.94. The second-order valence-corrected chi connectivity index (χ2v) is 6.79. The summed E-state index contributed by atoms with van der Waals surface area (Å²) >= 11 is 0. The minimum atomic E-state index is 0.378. The lowest BCUT2D eigenvalue weighted by molar-refractivity contribution is 0.414. The predicted octanol–water partition coefficient (Wildman–Crippen LogP) is 4.62. The fraction of sp³-hybridized carbons (Fsp3) is 0.182. The van der Waals surface area contributed by atoms with Crippen LogP contribution in [0, 0.1) is 0 Å². The van der Waals surface area contributed by atoms with Crippen molar-refractivity contribution in [3.8, 4) is 16.9 Å². The van der Waals surface area contributed by atoms with Crippen LogP contribution in [0.1, 0.15) is 29.5 Å². The quantitative estimate of drug-likeness (QED) is 0.546. The molecule has 0 saturated heterocycles. The van der Waals surface area contributed by atoms with Crippen LogP contribution in [0.25, 0.3) is 22.2 Å². The highest BCUT2D eigenvalue weighted by Gasteiger charge is 2.28. The normalized spacial score (nSPS) is 15.1. The van der Waals surface area contributed by atoms with Crippen molar-refractivity contribution in [1.82, 2.24) is 14.8 Å². The van der Waals surface area contributed by atoms with Gasteiger partial charge in [-0.15, -0.1) is 0 Å². The van der Waals surface area contributed by atoms with Gasteiger partial charge in [0.2, 0.25) is 0 Å². The molecule has 0 radical (unpaired) electrons. The molecule has 0 N–H and O–H groups in total. The number of hydrogen-bond donors (Lipinski definition) is 0. The molecule has 128 valence electrons. The monoisotopic (exact) mass is 341 g/mol. The molecule has 1 aliphatic rings. The maximum absolute atomic E-state index is 5.23. The van der Waals surface area contributed by atoms with Gasteiger partial charge in [-0.05, 0) is 39.9 Å². The summed E-state index contributed by atoms with van der Waals surface area (Å²) in [6.07, 6.45) is 3.98. The Morgan fingerprint density at radius 3 is 2.62 bits per heavy atom. The molecular weight excluding hydrogens is 322 g/mol. The third-order valence-electron chi connectivity index (χ3n) is 5.35. The van der Waals surface area contributed by atoms with E-state index in [1.165, 1.54) is 27.8 Å². The Hall–Kier alpha value is -3.14. The Morgan fingerprint density at radius 1 is 1.00 bits per heavy atom. The summed E-state index contributed by atoms with van der Waals surface area (Å²) in [5.74, 6) is 1.24. The van der Waals surface area contributed by atoms with Crippen LogP contribution in [0.4, 0.5) is 0 Å². The summed E-state index contributed by atoms with van der Waals surface area (Å²) in [7, 11) is 1.68. The van der Waals surface area contributed by atoms with Gasteiger partial charge in [-0.3, -0.25) is 0 Å². The van der Waals surface area contributed by atoms with Gasteiger partial charge in [0.05, 0.1) is 19.9 Å². The van der Waals surface area contributed by atoms with Crippen LogP contribution < -0.4 is 4.74 Å². The topological polar surface area (TPSA) is 39.9 Å². The van der Waals surface area contributed by atoms with Crippen molar-refractivity contribution in [1.29, 1.82) is 0 Å². The van der Waals surface area contributed by atoms with Crippen molar-refractivity contribution in [2.75, 3.05) is 7.11 Å². The maximum Gasteiger partial charge on any atom is 0.158 e. The van der Waals surface area contributed by atoms with Crippen LogP contribution in [-0.4, -0.2) is 21.9 Å². The first-order valence-electron chi connectivity index (χ1n) is 8.83. The molecule has 2 aromatic heterocycles. The average Bonchev–Trinajstić information content (AvgIpc) is 3.22. The van der Waals surface area contributed by atoms with Gasteiger partial charge in [0, 0.05) is 17.5 Å². The van der Waals surface area contributed by atoms with E-state index in [0.717, 1.165) is 16.8 Å². The van der Waals surface area contributed by atoms with Crippen LogP contribution in [0.3, 0.4) is 0 Å². The zero-order valence-corrected chi connectivity index (χ0v) is 14.8. The summed E-state index contributed by atoms with van der Waals surface area (Å²) in [5, 5.41) is 5.76. The molecule has 0 saturated carbocycles. The Morgan fingerprint density at radius 2 is 1.81 bits per heavy atom. The van der Waals surface area contributed by atoms with Gasteiger partial charge in [-0.1, -0.05) is 43.3 Å². The number of pyridine rings is 1. The Balaban J connectivity index is 1.61. The highest BCUT2D eigenvalue weighted by atomic mass is 16.5. The van der Waals surface area contributed by atoms with Gasteiger partial charge in [0.25, 0.3) is 0 Å². The number of methoxy groups -OCH3 is 1. The number of ether oxygens (including phenoxy) is 1. The van der Waals surface area contributed by atoms with Crippen LogP contribution in [0.5, 0.6) is 5.75 Å². The standard InChI is InChI=1S/C22H19N3O/c1-14-17-5-3-4-6-18(17)21-19(14)11-23-22-20(21)12-24-25(22)13-15-7-9-16(26-2)10-8-15/h3-12,14H,13H2,1-2H3. The van der Waals surface area contributed by atoms with Gasteiger partial charge in [0.15, 0.2) is 5.65 Å². The lowest BCUT2D eigenvalue weighted by atomic mass is 10.0. The van der Waals surface area contributed by atoms with E-state index in [4.69, 9.17) is 9.72 Å². The van der Waals surface area contributed by atoms with Crippen molar-refractivity contribution >= 4 is 11.0 Å². The molecule has 0 bridgehead atoms. The van der Waals surface area contributed by atoms with Crippen molar-refractivity contribution < 1.29 is 4.74 Å². The first kappa shape index (κ1) is 15.1. The molecule has 0 spiro atoms. The predicted molar refractivity (Wildman–Crippen MR) is 103 cm³/mol. The second kappa shape index (κ2) is 5.70. The van der Waals surface area contributed by atoms with Crippen LogP contribution >= 0.6 is 0 Å². The minimum Gasteiger partial charge on any atom is -0.497 e. The van der Waals surface area contributed by atoms with Gasteiger partial charge in [-0.25, -0.2) is 9.67 Å². The van der Waals surface area contributed by atoms with Crippen molar-refractivity contribution in [3.05, 3.63) is 77.6 Å². The van der Waals surface area contributed by atoms with Gasteiger partial charge in [-0.2, -0.15) is 5.10 Å². The average molecular weight is 341 g/mol. The van der Waals surface area contributed by atoms with Crippen LogP contribution in [0.2, 0.25) is 0 Å². The molecular formula is C22H19N3O. The van der Waals surface area contributed by atoms with E-state index in [2.05, 4.69) is 48.4 Å². The van der Waals surface area contributed by atoms with Gasteiger partial charge < -0.3 is 4.74 Å². The molecule has 0 aliphatic heterocycles. The molecule has 1 atom stereocenters. The largest absolute Gasteiger partial charge is 0.497 e. The van der Waals surface area contributed by atoms with Crippen molar-refractivity contribution in [2.45, 2.75) is 19.4 Å². The first-order chi connectivity index (χ1) is 12.8. The van der Waals surface area contributed by atoms with Crippen molar-refractivity contribution in [2.24, 2.45) is 0 Å². The van der Waals surface area contributed by atoms with Crippen molar-refractivity contribution in [3.63, 3.8) is 0 Å². The number of fused-ring (bicyclic) bond motifs is 5. The van der Waals surface area contributed by atoms with E-state index in [1.807, 2.05) is 29.2 Å². The Bertz CT molecular complexity index is 1110. The number of rotatable bonds is 3. The molecule has 2 heterocycles. The molecule has 4 nitrogen and oxygen atoms in total. The van der Waals surface area contributed by atoms with Crippen LogP contribution in [0.15, 0.2) is 60.9 Å². The van der Waals surface area contributed by atoms with E-state index in [-0.39, 0.29) is 0 Å². The van der Waals surface area contributed by atoms with E-state index < -0.39 is 0 Å². The van der Waals surface area contributed by atoms with Crippen LogP contribution in [-0.2, 0) is 6.54 Å². The molecule has 0 amide bonds. The fourth-order valence-corrected chi connectivity index (χ4v) is 3.96. The lowest BCUT2D eigenvalue weighted by Crippen LogP contribution is -2.03. The first-order valence-corrected chi connectivity index (χ1v) is 8.83. The Kier molecular flexibility index (Phi) is 3.32. The number of aromatic nitrogens is 3. The highest BCUT2D eigenvalue weighted by molar-refractivity contribution is 5.98. The number of benzene rings is 2. The minimum absolute atomic E-state index is 0.378. The molecule has 4 aromatic rings. The SMILES string of the molecule is COc1ccc(Cn2ncc3c4c(cnc32)C(C)c2ccccc2-4)cc1. The van der Waals surface area contributed by atoms with E-state index in [9.17, 15) is 0 Å². The van der Waals surface area contributed by atoms with E-state index in [0.29, 0.717) is 12.5 Å².